The molecule has 106 valence electrons. The second-order valence-electron chi connectivity index (χ2n) is 3.25. The quantitative estimate of drug-likeness (QED) is 0.699. The van der Waals surface area contributed by atoms with Gasteiger partial charge in [0, 0.05) is 32.0 Å². The van der Waals surface area contributed by atoms with Crippen molar-refractivity contribution in [3.8, 4) is 0 Å². The summed E-state index contributed by atoms with van der Waals surface area (Å²) in [7, 11) is 1.63. The molecule has 8 heteroatoms. The molecule has 0 unspecified atom stereocenters. The zero-order chi connectivity index (χ0) is 11.6. The first-order valence-corrected chi connectivity index (χ1v) is 6.10. The number of hydrogen-bond acceptors (Lipinski definition) is 5. The summed E-state index contributed by atoms with van der Waals surface area (Å²) in [5, 5.41) is 7.79. The Labute approximate surface area is 124 Å². The van der Waals surface area contributed by atoms with Crippen molar-refractivity contribution in [1.82, 2.24) is 15.6 Å². The van der Waals surface area contributed by atoms with Gasteiger partial charge in [0.1, 0.15) is 0 Å². The fraction of sp³-hybridized carbons (Fsp3) is 0.600. The molecule has 0 aliphatic heterocycles. The molecule has 1 amide bonds. The highest BCUT2D eigenvalue weighted by atomic mass is 35.5. The van der Waals surface area contributed by atoms with Gasteiger partial charge in [-0.3, -0.25) is 4.79 Å². The molecule has 0 fully saturated rings. The highest BCUT2D eigenvalue weighted by Crippen LogP contribution is 2.00. The molecule has 0 saturated carbocycles. The Hall–Kier alpha value is -0.400. The molecule has 0 bridgehead atoms. The van der Waals surface area contributed by atoms with Gasteiger partial charge in [-0.2, -0.15) is 0 Å². The van der Waals surface area contributed by atoms with Gasteiger partial charge in [0.05, 0.1) is 24.4 Å². The Bertz CT molecular complexity index is 299. The van der Waals surface area contributed by atoms with E-state index >= 15 is 0 Å². The molecule has 2 N–H and O–H groups in total. The zero-order valence-electron chi connectivity index (χ0n) is 10.2. The molecule has 0 atom stereocenters. The van der Waals surface area contributed by atoms with Crippen LogP contribution in [-0.4, -0.2) is 44.2 Å². The van der Waals surface area contributed by atoms with Crippen molar-refractivity contribution < 1.29 is 9.53 Å². The van der Waals surface area contributed by atoms with Crippen LogP contribution >= 0.6 is 36.2 Å². The van der Waals surface area contributed by atoms with Crippen LogP contribution in [0.1, 0.15) is 5.69 Å². The molecule has 0 aromatic carbocycles. The lowest BCUT2D eigenvalue weighted by molar-refractivity contribution is -0.120. The number of nitrogens with one attached hydrogen (secondary N) is 2. The van der Waals surface area contributed by atoms with Gasteiger partial charge in [0.15, 0.2) is 0 Å². The van der Waals surface area contributed by atoms with Gasteiger partial charge >= 0.3 is 0 Å². The minimum Gasteiger partial charge on any atom is -0.383 e. The number of nitrogens with zero attached hydrogens (tertiary/aromatic N) is 1. The number of amides is 1. The van der Waals surface area contributed by atoms with E-state index in [1.807, 2.05) is 5.38 Å². The predicted molar refractivity (Wildman–Crippen MR) is 78.1 cm³/mol. The topological polar surface area (TPSA) is 63.2 Å². The molecule has 0 aliphatic rings. The maximum absolute atomic E-state index is 11.3. The first-order chi connectivity index (χ1) is 7.83. The summed E-state index contributed by atoms with van der Waals surface area (Å²) in [5.41, 5.74) is 2.82. The number of halogens is 2. The lowest BCUT2D eigenvalue weighted by atomic mass is 10.3. The second kappa shape index (κ2) is 13.0. The molecule has 0 aliphatic carbocycles. The van der Waals surface area contributed by atoms with E-state index in [4.69, 9.17) is 4.74 Å². The van der Waals surface area contributed by atoms with Gasteiger partial charge in [-0.25, -0.2) is 4.98 Å². The summed E-state index contributed by atoms with van der Waals surface area (Å²) in [6.07, 6.45) is 0.785. The number of carbonyl (C=O) groups is 1. The number of ether oxygens (including phenoxy) is 1. The van der Waals surface area contributed by atoms with Crippen LogP contribution in [0.15, 0.2) is 10.9 Å². The van der Waals surface area contributed by atoms with Crippen LogP contribution in [0.5, 0.6) is 0 Å². The Kier molecular flexibility index (Phi) is 14.4. The summed E-state index contributed by atoms with van der Waals surface area (Å²) in [6.45, 7) is 2.27. The molecule has 0 saturated heterocycles. The largest absolute Gasteiger partial charge is 0.383 e. The van der Waals surface area contributed by atoms with Crippen molar-refractivity contribution in [3.05, 3.63) is 16.6 Å². The van der Waals surface area contributed by atoms with E-state index in [0.717, 1.165) is 12.1 Å². The number of carbonyl (C=O) groups excluding carboxylic acids is 1. The van der Waals surface area contributed by atoms with Crippen LogP contribution in [0.25, 0.3) is 0 Å². The van der Waals surface area contributed by atoms with Crippen molar-refractivity contribution in [1.29, 1.82) is 0 Å². The van der Waals surface area contributed by atoms with Gasteiger partial charge in [-0.05, 0) is 0 Å². The highest BCUT2D eigenvalue weighted by Gasteiger charge is 2.00. The van der Waals surface area contributed by atoms with Crippen LogP contribution < -0.4 is 10.6 Å². The zero-order valence-corrected chi connectivity index (χ0v) is 12.6. The van der Waals surface area contributed by atoms with Gasteiger partial charge in [0.25, 0.3) is 0 Å². The van der Waals surface area contributed by atoms with Crippen molar-refractivity contribution in [2.75, 3.05) is 33.4 Å². The summed E-state index contributed by atoms with van der Waals surface area (Å²) < 4.78 is 4.85. The molecule has 0 radical (unpaired) electrons. The van der Waals surface area contributed by atoms with E-state index in [1.54, 1.807) is 24.0 Å². The van der Waals surface area contributed by atoms with Crippen molar-refractivity contribution >= 4 is 42.1 Å². The number of thiazole rings is 1. The van der Waals surface area contributed by atoms with E-state index in [2.05, 4.69) is 15.6 Å². The van der Waals surface area contributed by atoms with E-state index in [-0.39, 0.29) is 30.7 Å². The Morgan fingerprint density at radius 2 is 2.22 bits per heavy atom. The smallest absolute Gasteiger partial charge is 0.233 e. The molecule has 1 aromatic rings. The molecular weight excluding hydrogens is 297 g/mol. The van der Waals surface area contributed by atoms with Gasteiger partial charge in [-0.1, -0.05) is 0 Å². The fourth-order valence-electron chi connectivity index (χ4n) is 1.13. The van der Waals surface area contributed by atoms with E-state index < -0.39 is 0 Å². The number of hydrogen-bond donors (Lipinski definition) is 2. The minimum absolute atomic E-state index is 0. The summed E-state index contributed by atoms with van der Waals surface area (Å²) in [5.74, 6) is 0.00586. The lowest BCUT2D eigenvalue weighted by Gasteiger charge is -2.05. The molecule has 0 spiro atoms. The van der Waals surface area contributed by atoms with Gasteiger partial charge in [0.2, 0.25) is 5.91 Å². The molecule has 18 heavy (non-hydrogen) atoms. The fourth-order valence-corrected chi connectivity index (χ4v) is 1.72. The maximum Gasteiger partial charge on any atom is 0.233 e. The monoisotopic (exact) mass is 315 g/mol. The number of rotatable bonds is 8. The Morgan fingerprint density at radius 3 is 2.83 bits per heavy atom. The third-order valence-electron chi connectivity index (χ3n) is 1.96. The standard InChI is InChI=1S/C10H17N3O2S.2ClH/c1-15-5-4-11-6-10(14)12-3-2-9-7-16-8-13-9;;/h7-8,11H,2-6H2,1H3,(H,12,14);2*1H. The van der Waals surface area contributed by atoms with E-state index in [1.165, 1.54) is 0 Å². The summed E-state index contributed by atoms with van der Waals surface area (Å²) >= 11 is 1.57. The van der Waals surface area contributed by atoms with Gasteiger partial charge < -0.3 is 15.4 Å². The maximum atomic E-state index is 11.3. The van der Waals surface area contributed by atoms with Crippen molar-refractivity contribution in [3.63, 3.8) is 0 Å². The first kappa shape index (κ1) is 19.9. The third kappa shape index (κ3) is 9.61. The minimum atomic E-state index is 0. The van der Waals surface area contributed by atoms with Crippen molar-refractivity contribution in [2.24, 2.45) is 0 Å². The molecule has 1 heterocycles. The van der Waals surface area contributed by atoms with Crippen LogP contribution in [0.3, 0.4) is 0 Å². The summed E-state index contributed by atoms with van der Waals surface area (Å²) in [4.78, 5) is 15.4. The Balaban J connectivity index is 0. The molecule has 1 rings (SSSR count). The summed E-state index contributed by atoms with van der Waals surface area (Å²) in [6, 6.07) is 0. The highest BCUT2D eigenvalue weighted by molar-refractivity contribution is 7.07. The van der Waals surface area contributed by atoms with Gasteiger partial charge in [-0.15, -0.1) is 36.2 Å². The van der Waals surface area contributed by atoms with E-state index in [0.29, 0.717) is 26.2 Å². The predicted octanol–water partition coefficient (Wildman–Crippen LogP) is 0.881. The van der Waals surface area contributed by atoms with Crippen LogP contribution in [-0.2, 0) is 16.0 Å². The van der Waals surface area contributed by atoms with Crippen molar-refractivity contribution in [2.45, 2.75) is 6.42 Å². The number of methoxy groups -OCH3 is 1. The van der Waals surface area contributed by atoms with Crippen LogP contribution in [0.4, 0.5) is 0 Å². The Morgan fingerprint density at radius 1 is 1.44 bits per heavy atom. The third-order valence-corrected chi connectivity index (χ3v) is 2.59. The molecular formula is C10H19Cl2N3O2S. The average molecular weight is 316 g/mol. The second-order valence-corrected chi connectivity index (χ2v) is 3.97. The van der Waals surface area contributed by atoms with Crippen LogP contribution in [0, 0.1) is 0 Å². The number of aromatic nitrogens is 1. The lowest BCUT2D eigenvalue weighted by Crippen LogP contribution is -2.36. The van der Waals surface area contributed by atoms with Crippen LogP contribution in [0.2, 0.25) is 0 Å². The average Bonchev–Trinajstić information content (AvgIpc) is 2.77. The molecule has 1 aromatic heterocycles. The SMILES string of the molecule is COCCNCC(=O)NCCc1cscn1.Cl.Cl. The molecule has 5 nitrogen and oxygen atoms in total. The first-order valence-electron chi connectivity index (χ1n) is 5.16. The van der Waals surface area contributed by atoms with E-state index in [9.17, 15) is 4.79 Å². The normalized spacial score (nSPS) is 9.17.